The molecule has 4 aliphatic carbocycles. The predicted molar refractivity (Wildman–Crippen MR) is 86.5 cm³/mol. The van der Waals surface area contributed by atoms with E-state index in [1.165, 1.54) is 38.5 Å². The minimum atomic E-state index is -0.251. The second-order valence-electron chi connectivity index (χ2n) is 8.66. The summed E-state index contributed by atoms with van der Waals surface area (Å²) in [5, 5.41) is 0. The number of carbonyl (C=O) groups is 2. The van der Waals surface area contributed by atoms with E-state index in [1.807, 2.05) is 11.8 Å². The molecule has 0 aromatic carbocycles. The molecule has 1 heterocycles. The molecule has 5 rings (SSSR count). The summed E-state index contributed by atoms with van der Waals surface area (Å²) in [5.74, 6) is 2.39. The highest BCUT2D eigenvalue weighted by atomic mass is 16.5. The van der Waals surface area contributed by atoms with Crippen LogP contribution >= 0.6 is 0 Å². The number of esters is 1. The normalized spacial score (nSPS) is 43.0. The number of hydrogen-bond acceptors (Lipinski definition) is 3. The highest BCUT2D eigenvalue weighted by molar-refractivity contribution is 5.87. The minimum Gasteiger partial charge on any atom is -0.466 e. The van der Waals surface area contributed by atoms with E-state index in [2.05, 4.69) is 6.92 Å². The lowest BCUT2D eigenvalue weighted by Gasteiger charge is -2.60. The fourth-order valence-electron chi connectivity index (χ4n) is 6.54. The van der Waals surface area contributed by atoms with E-state index in [9.17, 15) is 9.59 Å². The molecule has 0 aromatic rings. The SMILES string of the molecule is CCOC(=O)[C@@H]1CC(=O)N([C@H](C)C23CC4CC(CC(C4)C2)C3)C1. The first kappa shape index (κ1) is 15.5. The van der Waals surface area contributed by atoms with Gasteiger partial charge in [-0.25, -0.2) is 0 Å². The molecule has 128 valence electrons. The van der Waals surface area contributed by atoms with E-state index >= 15 is 0 Å². The summed E-state index contributed by atoms with van der Waals surface area (Å²) in [5.41, 5.74) is 0.327. The van der Waals surface area contributed by atoms with Crippen LogP contribution in [0.2, 0.25) is 0 Å². The molecule has 4 saturated carbocycles. The number of hydrogen-bond donors (Lipinski definition) is 0. The monoisotopic (exact) mass is 319 g/mol. The Hall–Kier alpha value is -1.06. The van der Waals surface area contributed by atoms with Gasteiger partial charge in [-0.3, -0.25) is 9.59 Å². The summed E-state index contributed by atoms with van der Waals surface area (Å²) in [7, 11) is 0. The van der Waals surface area contributed by atoms with Crippen LogP contribution in [0.5, 0.6) is 0 Å². The summed E-state index contributed by atoms with van der Waals surface area (Å²) in [4.78, 5) is 26.6. The van der Waals surface area contributed by atoms with Crippen molar-refractivity contribution < 1.29 is 14.3 Å². The molecule has 5 aliphatic rings. The zero-order chi connectivity index (χ0) is 16.2. The van der Waals surface area contributed by atoms with Crippen LogP contribution in [-0.2, 0) is 14.3 Å². The first-order valence-electron chi connectivity index (χ1n) is 9.47. The van der Waals surface area contributed by atoms with Crippen molar-refractivity contribution in [2.45, 2.75) is 64.8 Å². The van der Waals surface area contributed by atoms with Gasteiger partial charge in [0.2, 0.25) is 5.91 Å². The van der Waals surface area contributed by atoms with Gasteiger partial charge in [0, 0.05) is 19.0 Å². The number of likely N-dealkylation sites (tertiary alicyclic amines) is 1. The Morgan fingerprint density at radius 1 is 1.22 bits per heavy atom. The van der Waals surface area contributed by atoms with E-state index < -0.39 is 0 Å². The van der Waals surface area contributed by atoms with Gasteiger partial charge in [0.15, 0.2) is 0 Å². The molecule has 1 aliphatic heterocycles. The quantitative estimate of drug-likeness (QED) is 0.748. The number of amides is 1. The first-order chi connectivity index (χ1) is 11.0. The molecule has 4 heteroatoms. The summed E-state index contributed by atoms with van der Waals surface area (Å²) in [6.07, 6.45) is 8.51. The van der Waals surface area contributed by atoms with Gasteiger partial charge in [-0.2, -0.15) is 0 Å². The van der Waals surface area contributed by atoms with Crippen LogP contribution in [0, 0.1) is 29.1 Å². The Morgan fingerprint density at radius 3 is 2.30 bits per heavy atom. The smallest absolute Gasteiger partial charge is 0.311 e. The maximum atomic E-state index is 12.5. The fraction of sp³-hybridized carbons (Fsp3) is 0.895. The molecule has 4 nitrogen and oxygen atoms in total. The standard InChI is InChI=1S/C19H29NO3/c1-3-23-18(22)16-7-17(21)20(11-16)12(2)19-8-13-4-14(9-19)6-15(5-13)10-19/h12-16H,3-11H2,1-2H3/t12-,13?,14?,15?,16-,19?/m1/s1. The fourth-order valence-corrected chi connectivity index (χ4v) is 6.54. The lowest BCUT2D eigenvalue weighted by Crippen LogP contribution is -2.56. The highest BCUT2D eigenvalue weighted by Gasteiger charge is 2.55. The third-order valence-electron chi connectivity index (χ3n) is 7.22. The van der Waals surface area contributed by atoms with Gasteiger partial charge in [-0.05, 0) is 75.5 Å². The molecule has 2 atom stereocenters. The lowest BCUT2D eigenvalue weighted by atomic mass is 9.47. The van der Waals surface area contributed by atoms with E-state index in [0.29, 0.717) is 25.0 Å². The second-order valence-corrected chi connectivity index (χ2v) is 8.66. The van der Waals surface area contributed by atoms with Crippen molar-refractivity contribution in [3.8, 4) is 0 Å². The van der Waals surface area contributed by atoms with Crippen LogP contribution in [0.15, 0.2) is 0 Å². The largest absolute Gasteiger partial charge is 0.466 e. The van der Waals surface area contributed by atoms with E-state index in [0.717, 1.165) is 17.8 Å². The van der Waals surface area contributed by atoms with Crippen LogP contribution in [0.25, 0.3) is 0 Å². The van der Waals surface area contributed by atoms with Crippen LogP contribution in [-0.4, -0.2) is 36.0 Å². The first-order valence-corrected chi connectivity index (χ1v) is 9.47. The van der Waals surface area contributed by atoms with Crippen molar-refractivity contribution in [3.63, 3.8) is 0 Å². The molecule has 0 aromatic heterocycles. The minimum absolute atomic E-state index is 0.159. The summed E-state index contributed by atoms with van der Waals surface area (Å²) < 4.78 is 5.13. The number of ether oxygens (including phenoxy) is 1. The Kier molecular flexibility index (Phi) is 3.69. The third kappa shape index (κ3) is 2.49. The Morgan fingerprint density at radius 2 is 1.78 bits per heavy atom. The van der Waals surface area contributed by atoms with Crippen LogP contribution in [0.4, 0.5) is 0 Å². The van der Waals surface area contributed by atoms with Gasteiger partial charge in [0.05, 0.1) is 12.5 Å². The highest BCUT2D eigenvalue weighted by Crippen LogP contribution is 2.62. The zero-order valence-electron chi connectivity index (χ0n) is 14.4. The molecule has 5 fully saturated rings. The average Bonchev–Trinajstić information content (AvgIpc) is 2.87. The molecule has 23 heavy (non-hydrogen) atoms. The Labute approximate surface area is 138 Å². The Bertz CT molecular complexity index is 479. The molecule has 0 unspecified atom stereocenters. The summed E-state index contributed by atoms with van der Waals surface area (Å²) >= 11 is 0. The Balaban J connectivity index is 1.50. The van der Waals surface area contributed by atoms with Crippen molar-refractivity contribution in [1.29, 1.82) is 0 Å². The number of nitrogens with zero attached hydrogens (tertiary/aromatic N) is 1. The lowest BCUT2D eigenvalue weighted by molar-refractivity contribution is -0.148. The molecule has 0 N–H and O–H groups in total. The van der Waals surface area contributed by atoms with Crippen molar-refractivity contribution in [1.82, 2.24) is 4.90 Å². The van der Waals surface area contributed by atoms with E-state index in [4.69, 9.17) is 4.74 Å². The third-order valence-corrected chi connectivity index (χ3v) is 7.22. The summed E-state index contributed by atoms with van der Waals surface area (Å²) in [6, 6.07) is 0.280. The van der Waals surface area contributed by atoms with Crippen molar-refractivity contribution in [3.05, 3.63) is 0 Å². The molecule has 0 spiro atoms. The predicted octanol–water partition coefficient (Wildman–Crippen LogP) is 3.00. The summed E-state index contributed by atoms with van der Waals surface area (Å²) in [6.45, 7) is 5.04. The van der Waals surface area contributed by atoms with Gasteiger partial charge in [0.1, 0.15) is 0 Å². The molecular formula is C19H29NO3. The van der Waals surface area contributed by atoms with Gasteiger partial charge in [-0.15, -0.1) is 0 Å². The van der Waals surface area contributed by atoms with Gasteiger partial charge in [0.25, 0.3) is 0 Å². The molecule has 4 bridgehead atoms. The average molecular weight is 319 g/mol. The van der Waals surface area contributed by atoms with Crippen LogP contribution in [0.1, 0.15) is 58.8 Å². The molecular weight excluding hydrogens is 290 g/mol. The topological polar surface area (TPSA) is 46.6 Å². The van der Waals surface area contributed by atoms with Crippen molar-refractivity contribution in [2.24, 2.45) is 29.1 Å². The van der Waals surface area contributed by atoms with Crippen LogP contribution in [0.3, 0.4) is 0 Å². The molecule has 1 amide bonds. The van der Waals surface area contributed by atoms with Gasteiger partial charge < -0.3 is 9.64 Å². The van der Waals surface area contributed by atoms with Gasteiger partial charge in [-0.1, -0.05) is 0 Å². The maximum absolute atomic E-state index is 12.5. The molecule has 0 radical (unpaired) electrons. The zero-order valence-corrected chi connectivity index (χ0v) is 14.4. The van der Waals surface area contributed by atoms with Crippen LogP contribution < -0.4 is 0 Å². The van der Waals surface area contributed by atoms with Gasteiger partial charge >= 0.3 is 5.97 Å². The maximum Gasteiger partial charge on any atom is 0.311 e. The van der Waals surface area contributed by atoms with Crippen molar-refractivity contribution >= 4 is 11.9 Å². The second kappa shape index (κ2) is 5.49. The van der Waals surface area contributed by atoms with E-state index in [1.54, 1.807) is 0 Å². The van der Waals surface area contributed by atoms with E-state index in [-0.39, 0.29) is 23.8 Å². The number of carbonyl (C=O) groups excluding carboxylic acids is 2. The van der Waals surface area contributed by atoms with Crippen molar-refractivity contribution in [2.75, 3.05) is 13.2 Å². The number of rotatable bonds is 4. The molecule has 1 saturated heterocycles.